The number of benzene rings is 2. The highest BCUT2D eigenvalue weighted by Crippen LogP contribution is 2.28. The van der Waals surface area contributed by atoms with Crippen molar-refractivity contribution in [3.05, 3.63) is 77.2 Å². The zero-order valence-corrected chi connectivity index (χ0v) is 15.7. The number of amides is 1. The van der Waals surface area contributed by atoms with Crippen LogP contribution in [0.1, 0.15) is 33.3 Å². The summed E-state index contributed by atoms with van der Waals surface area (Å²) in [6.07, 6.45) is 0. The van der Waals surface area contributed by atoms with Crippen molar-refractivity contribution in [1.29, 1.82) is 0 Å². The fourth-order valence-electron chi connectivity index (χ4n) is 3.13. The molecule has 0 saturated carbocycles. The van der Waals surface area contributed by atoms with E-state index in [1.807, 2.05) is 0 Å². The highest BCUT2D eigenvalue weighted by atomic mass is 19.1. The number of hydrogen-bond donors (Lipinski definition) is 1. The summed E-state index contributed by atoms with van der Waals surface area (Å²) in [5.41, 5.74) is 2.91. The standard InChI is InChI=1S/C22H16FN3O3/c1-12-20-17(21(28)24-18-6-4-3-5-16(18)13(2)27)11-19(25-22(20)29-26-12)14-7-9-15(23)10-8-14/h3-11H,1-2H3,(H,24,28). The van der Waals surface area contributed by atoms with Gasteiger partial charge in [0.25, 0.3) is 11.6 Å². The number of carbonyl (C=O) groups is 2. The third kappa shape index (κ3) is 3.50. The Morgan fingerprint density at radius 2 is 1.76 bits per heavy atom. The van der Waals surface area contributed by atoms with Crippen molar-refractivity contribution >= 4 is 28.5 Å². The van der Waals surface area contributed by atoms with E-state index in [1.165, 1.54) is 19.1 Å². The van der Waals surface area contributed by atoms with Gasteiger partial charge >= 0.3 is 0 Å². The Hall–Kier alpha value is -3.87. The average molecular weight is 389 g/mol. The molecule has 144 valence electrons. The van der Waals surface area contributed by atoms with E-state index in [-0.39, 0.29) is 17.3 Å². The molecule has 2 aromatic carbocycles. The van der Waals surface area contributed by atoms with Gasteiger partial charge in [0.1, 0.15) is 5.82 Å². The molecule has 4 rings (SSSR count). The summed E-state index contributed by atoms with van der Waals surface area (Å²) >= 11 is 0. The van der Waals surface area contributed by atoms with Crippen molar-refractivity contribution in [3.8, 4) is 11.3 Å². The van der Waals surface area contributed by atoms with Crippen LogP contribution in [0.3, 0.4) is 0 Å². The van der Waals surface area contributed by atoms with Gasteiger partial charge in [0.15, 0.2) is 5.78 Å². The maximum absolute atomic E-state index is 13.3. The van der Waals surface area contributed by atoms with E-state index >= 15 is 0 Å². The van der Waals surface area contributed by atoms with E-state index in [0.717, 1.165) is 0 Å². The lowest BCUT2D eigenvalue weighted by molar-refractivity contribution is 0.101. The quantitative estimate of drug-likeness (QED) is 0.507. The summed E-state index contributed by atoms with van der Waals surface area (Å²) in [7, 11) is 0. The van der Waals surface area contributed by atoms with Crippen LogP contribution < -0.4 is 5.32 Å². The van der Waals surface area contributed by atoms with Gasteiger partial charge in [0.2, 0.25) is 0 Å². The molecule has 0 spiro atoms. The first-order valence-electron chi connectivity index (χ1n) is 8.88. The number of nitrogens with one attached hydrogen (secondary N) is 1. The number of para-hydroxylation sites is 1. The lowest BCUT2D eigenvalue weighted by Gasteiger charge is -2.11. The van der Waals surface area contributed by atoms with Crippen molar-refractivity contribution in [2.75, 3.05) is 5.32 Å². The second-order valence-electron chi connectivity index (χ2n) is 6.57. The van der Waals surface area contributed by atoms with E-state index in [0.29, 0.717) is 39.2 Å². The second-order valence-corrected chi connectivity index (χ2v) is 6.57. The zero-order chi connectivity index (χ0) is 20.5. The Morgan fingerprint density at radius 1 is 1.03 bits per heavy atom. The molecule has 0 aliphatic carbocycles. The Kier molecular flexibility index (Phi) is 4.64. The number of anilines is 1. The molecule has 0 fully saturated rings. The van der Waals surface area contributed by atoms with Crippen molar-refractivity contribution in [2.24, 2.45) is 0 Å². The van der Waals surface area contributed by atoms with Crippen LogP contribution >= 0.6 is 0 Å². The van der Waals surface area contributed by atoms with Crippen LogP contribution in [0, 0.1) is 12.7 Å². The minimum Gasteiger partial charge on any atom is -0.335 e. The van der Waals surface area contributed by atoms with Gasteiger partial charge in [-0.1, -0.05) is 17.3 Å². The number of fused-ring (bicyclic) bond motifs is 1. The Bertz CT molecular complexity index is 1250. The largest absolute Gasteiger partial charge is 0.335 e. The maximum atomic E-state index is 13.3. The van der Waals surface area contributed by atoms with Gasteiger partial charge < -0.3 is 9.84 Å². The lowest BCUT2D eigenvalue weighted by Crippen LogP contribution is -2.15. The first kappa shape index (κ1) is 18.5. The van der Waals surface area contributed by atoms with Gasteiger partial charge in [0.05, 0.1) is 28.0 Å². The molecule has 6 nitrogen and oxygen atoms in total. The molecule has 0 aliphatic heterocycles. The van der Waals surface area contributed by atoms with Crippen LogP contribution in [0.2, 0.25) is 0 Å². The summed E-state index contributed by atoms with van der Waals surface area (Å²) < 4.78 is 18.5. The van der Waals surface area contributed by atoms with Crippen molar-refractivity contribution < 1.29 is 18.5 Å². The number of hydrogen-bond acceptors (Lipinski definition) is 5. The number of ketones is 1. The lowest BCUT2D eigenvalue weighted by atomic mass is 10.0. The van der Waals surface area contributed by atoms with E-state index in [1.54, 1.807) is 49.4 Å². The molecule has 1 amide bonds. The molecule has 0 unspecified atom stereocenters. The molecule has 7 heteroatoms. The van der Waals surface area contributed by atoms with Crippen LogP contribution in [0.25, 0.3) is 22.4 Å². The van der Waals surface area contributed by atoms with Gasteiger partial charge in [0, 0.05) is 11.1 Å². The van der Waals surface area contributed by atoms with Gasteiger partial charge in [-0.3, -0.25) is 9.59 Å². The molecule has 2 aromatic heterocycles. The Labute approximate surface area is 165 Å². The number of nitrogens with zero attached hydrogens (tertiary/aromatic N) is 2. The zero-order valence-electron chi connectivity index (χ0n) is 15.7. The smallest absolute Gasteiger partial charge is 0.259 e. The minimum atomic E-state index is -0.430. The van der Waals surface area contributed by atoms with Crippen LogP contribution in [-0.4, -0.2) is 21.8 Å². The first-order chi connectivity index (χ1) is 13.9. The Balaban J connectivity index is 1.82. The predicted octanol–water partition coefficient (Wildman–Crippen LogP) is 4.79. The van der Waals surface area contributed by atoms with Crippen LogP contribution in [0.5, 0.6) is 0 Å². The van der Waals surface area contributed by atoms with E-state index < -0.39 is 5.91 Å². The summed E-state index contributed by atoms with van der Waals surface area (Å²) in [5, 5.41) is 7.18. The molecular formula is C22H16FN3O3. The van der Waals surface area contributed by atoms with Crippen LogP contribution in [0.4, 0.5) is 10.1 Å². The van der Waals surface area contributed by atoms with E-state index in [2.05, 4.69) is 15.5 Å². The molecule has 0 saturated heterocycles. The fraction of sp³-hybridized carbons (Fsp3) is 0.0909. The summed E-state index contributed by atoms with van der Waals surface area (Å²) in [4.78, 5) is 29.4. The third-order valence-electron chi connectivity index (χ3n) is 4.56. The molecule has 0 bridgehead atoms. The van der Waals surface area contributed by atoms with Crippen LogP contribution in [-0.2, 0) is 0 Å². The number of rotatable bonds is 4. The normalized spacial score (nSPS) is 10.9. The van der Waals surface area contributed by atoms with E-state index in [9.17, 15) is 14.0 Å². The van der Waals surface area contributed by atoms with Gasteiger partial charge in [-0.2, -0.15) is 0 Å². The fourth-order valence-corrected chi connectivity index (χ4v) is 3.13. The van der Waals surface area contributed by atoms with Crippen molar-refractivity contribution in [2.45, 2.75) is 13.8 Å². The summed E-state index contributed by atoms with van der Waals surface area (Å²) in [6.45, 7) is 3.15. The molecule has 29 heavy (non-hydrogen) atoms. The second kappa shape index (κ2) is 7.27. The first-order valence-corrected chi connectivity index (χ1v) is 8.88. The molecule has 2 heterocycles. The number of halogens is 1. The third-order valence-corrected chi connectivity index (χ3v) is 4.56. The number of Topliss-reactive ketones (excluding diaryl/α,β-unsaturated/α-hetero) is 1. The van der Waals surface area contributed by atoms with Crippen molar-refractivity contribution in [3.63, 3.8) is 0 Å². The molecule has 0 atom stereocenters. The van der Waals surface area contributed by atoms with Crippen molar-refractivity contribution in [1.82, 2.24) is 10.1 Å². The SMILES string of the molecule is CC(=O)c1ccccc1NC(=O)c1cc(-c2ccc(F)cc2)nc2onc(C)c12. The molecule has 4 aromatic rings. The predicted molar refractivity (Wildman–Crippen MR) is 106 cm³/mol. The number of carbonyl (C=O) groups excluding carboxylic acids is 2. The molecule has 0 radical (unpaired) electrons. The van der Waals surface area contributed by atoms with Gasteiger partial charge in [-0.15, -0.1) is 0 Å². The average Bonchev–Trinajstić information content (AvgIpc) is 3.09. The number of pyridine rings is 1. The Morgan fingerprint density at radius 3 is 2.48 bits per heavy atom. The molecule has 0 aliphatic rings. The minimum absolute atomic E-state index is 0.158. The molecular weight excluding hydrogens is 373 g/mol. The van der Waals surface area contributed by atoms with Gasteiger partial charge in [-0.25, -0.2) is 9.37 Å². The highest BCUT2D eigenvalue weighted by Gasteiger charge is 2.20. The summed E-state index contributed by atoms with van der Waals surface area (Å²) in [5.74, 6) is -0.959. The summed E-state index contributed by atoms with van der Waals surface area (Å²) in [6, 6.07) is 14.1. The number of aryl methyl sites for hydroxylation is 1. The monoisotopic (exact) mass is 389 g/mol. The van der Waals surface area contributed by atoms with E-state index in [4.69, 9.17) is 4.52 Å². The van der Waals surface area contributed by atoms with Crippen LogP contribution in [0.15, 0.2) is 59.1 Å². The topological polar surface area (TPSA) is 85.1 Å². The highest BCUT2D eigenvalue weighted by molar-refractivity contribution is 6.15. The van der Waals surface area contributed by atoms with Gasteiger partial charge in [-0.05, 0) is 56.3 Å². The maximum Gasteiger partial charge on any atom is 0.259 e. The number of aromatic nitrogens is 2. The molecule has 1 N–H and O–H groups in total.